The number of nitriles is 1. The van der Waals surface area contributed by atoms with Crippen molar-refractivity contribution in [1.82, 2.24) is 4.57 Å². The Hall–Kier alpha value is -2.51. The fourth-order valence-corrected chi connectivity index (χ4v) is 2.03. The van der Waals surface area contributed by atoms with E-state index in [-0.39, 0.29) is 5.57 Å². The molecule has 0 saturated carbocycles. The Morgan fingerprint density at radius 3 is 2.76 bits per heavy atom. The molecule has 106 valence electrons. The van der Waals surface area contributed by atoms with Crippen LogP contribution in [-0.4, -0.2) is 10.5 Å². The first-order valence-electron chi connectivity index (χ1n) is 6.32. The zero-order chi connectivity index (χ0) is 15.4. The monoisotopic (exact) mass is 299 g/mol. The Balaban J connectivity index is 2.26. The van der Waals surface area contributed by atoms with Crippen LogP contribution in [0.3, 0.4) is 0 Å². The lowest BCUT2D eigenvalue weighted by Gasteiger charge is -2.09. The molecule has 0 aliphatic carbocycles. The topological polar surface area (TPSA) is 57.8 Å². The van der Waals surface area contributed by atoms with Crippen LogP contribution in [0.2, 0.25) is 5.02 Å². The van der Waals surface area contributed by atoms with E-state index < -0.39 is 5.91 Å². The number of amides is 1. The minimum atomic E-state index is -0.455. The predicted octanol–water partition coefficient (Wildman–Crippen LogP) is 3.53. The molecule has 0 radical (unpaired) electrons. The Kier molecular flexibility index (Phi) is 4.46. The van der Waals surface area contributed by atoms with Gasteiger partial charge in [-0.3, -0.25) is 4.79 Å². The van der Waals surface area contributed by atoms with Gasteiger partial charge in [-0.15, -0.1) is 0 Å². The van der Waals surface area contributed by atoms with E-state index in [1.807, 2.05) is 42.9 Å². The molecule has 21 heavy (non-hydrogen) atoms. The number of benzene rings is 1. The van der Waals surface area contributed by atoms with Crippen molar-refractivity contribution in [2.45, 2.75) is 6.92 Å². The summed E-state index contributed by atoms with van der Waals surface area (Å²) in [6.07, 6.45) is 3.40. The van der Waals surface area contributed by atoms with Crippen molar-refractivity contribution in [3.05, 3.63) is 58.4 Å². The average molecular weight is 300 g/mol. The number of nitrogens with one attached hydrogen (secondary N) is 1. The van der Waals surface area contributed by atoms with E-state index in [2.05, 4.69) is 5.32 Å². The lowest BCUT2D eigenvalue weighted by atomic mass is 10.1. The van der Waals surface area contributed by atoms with Gasteiger partial charge in [-0.2, -0.15) is 5.26 Å². The highest BCUT2D eigenvalue weighted by Crippen LogP contribution is 2.23. The molecule has 2 rings (SSSR count). The van der Waals surface area contributed by atoms with Gasteiger partial charge in [0, 0.05) is 29.6 Å². The molecule has 1 aromatic carbocycles. The van der Waals surface area contributed by atoms with Gasteiger partial charge >= 0.3 is 0 Å². The normalized spacial score (nSPS) is 11.0. The third-order valence-corrected chi connectivity index (χ3v) is 3.57. The van der Waals surface area contributed by atoms with Crippen LogP contribution in [0.25, 0.3) is 6.08 Å². The van der Waals surface area contributed by atoms with E-state index in [0.717, 1.165) is 11.3 Å². The molecule has 1 aromatic heterocycles. The second-order valence-electron chi connectivity index (χ2n) is 4.58. The van der Waals surface area contributed by atoms with Crippen molar-refractivity contribution in [2.24, 2.45) is 7.05 Å². The van der Waals surface area contributed by atoms with Crippen LogP contribution in [0.5, 0.6) is 0 Å². The molecule has 1 amide bonds. The highest BCUT2D eigenvalue weighted by molar-refractivity contribution is 6.31. The zero-order valence-electron chi connectivity index (χ0n) is 11.7. The van der Waals surface area contributed by atoms with Gasteiger partial charge in [0.1, 0.15) is 11.6 Å². The molecule has 0 aliphatic heterocycles. The van der Waals surface area contributed by atoms with Crippen molar-refractivity contribution in [3.63, 3.8) is 0 Å². The molecule has 0 bridgehead atoms. The molecule has 1 heterocycles. The van der Waals surface area contributed by atoms with Gasteiger partial charge in [0.2, 0.25) is 0 Å². The van der Waals surface area contributed by atoms with Crippen LogP contribution in [-0.2, 0) is 11.8 Å². The number of halogens is 1. The Morgan fingerprint density at radius 1 is 1.38 bits per heavy atom. The summed E-state index contributed by atoms with van der Waals surface area (Å²) in [4.78, 5) is 12.2. The van der Waals surface area contributed by atoms with Gasteiger partial charge in [0.25, 0.3) is 5.91 Å². The Morgan fingerprint density at radius 2 is 2.14 bits per heavy atom. The number of nitrogens with zero attached hydrogens (tertiary/aromatic N) is 2. The number of aromatic nitrogens is 1. The fourth-order valence-electron chi connectivity index (χ4n) is 1.85. The fraction of sp³-hybridized carbons (Fsp3) is 0.125. The summed E-state index contributed by atoms with van der Waals surface area (Å²) in [5.41, 5.74) is 2.19. The van der Waals surface area contributed by atoms with Crippen LogP contribution >= 0.6 is 11.6 Å². The van der Waals surface area contributed by atoms with Crippen LogP contribution in [0.1, 0.15) is 11.3 Å². The summed E-state index contributed by atoms with van der Waals surface area (Å²) in [7, 11) is 1.85. The Labute approximate surface area is 128 Å². The SMILES string of the molecule is Cc1c(Cl)cccc1NC(=O)/C(C#N)=C\c1cccn1C. The predicted molar refractivity (Wildman–Crippen MR) is 83.8 cm³/mol. The van der Waals surface area contributed by atoms with Crippen molar-refractivity contribution in [2.75, 3.05) is 5.32 Å². The highest BCUT2D eigenvalue weighted by Gasteiger charge is 2.12. The molecular weight excluding hydrogens is 286 g/mol. The second-order valence-corrected chi connectivity index (χ2v) is 4.99. The van der Waals surface area contributed by atoms with E-state index in [4.69, 9.17) is 11.6 Å². The number of hydrogen-bond donors (Lipinski definition) is 1. The highest BCUT2D eigenvalue weighted by atomic mass is 35.5. The lowest BCUT2D eigenvalue weighted by molar-refractivity contribution is -0.112. The molecule has 0 spiro atoms. The van der Waals surface area contributed by atoms with Crippen molar-refractivity contribution in [1.29, 1.82) is 5.26 Å². The first kappa shape index (κ1) is 14.9. The minimum Gasteiger partial charge on any atom is -0.351 e. The van der Waals surface area contributed by atoms with E-state index in [1.54, 1.807) is 24.3 Å². The number of rotatable bonds is 3. The number of carbonyl (C=O) groups excluding carboxylic acids is 1. The van der Waals surface area contributed by atoms with Gasteiger partial charge in [-0.25, -0.2) is 0 Å². The van der Waals surface area contributed by atoms with Crippen molar-refractivity contribution in [3.8, 4) is 6.07 Å². The smallest absolute Gasteiger partial charge is 0.266 e. The van der Waals surface area contributed by atoms with Crippen LogP contribution in [0.4, 0.5) is 5.69 Å². The molecule has 2 aromatic rings. The van der Waals surface area contributed by atoms with E-state index in [0.29, 0.717) is 10.7 Å². The number of carbonyl (C=O) groups is 1. The summed E-state index contributed by atoms with van der Waals surface area (Å²) >= 11 is 6.01. The maximum Gasteiger partial charge on any atom is 0.266 e. The van der Waals surface area contributed by atoms with Crippen molar-refractivity contribution < 1.29 is 4.79 Å². The summed E-state index contributed by atoms with van der Waals surface area (Å²) in [5, 5.41) is 12.5. The molecule has 0 atom stereocenters. The van der Waals surface area contributed by atoms with Crippen LogP contribution in [0.15, 0.2) is 42.1 Å². The number of anilines is 1. The van der Waals surface area contributed by atoms with E-state index in [1.165, 1.54) is 0 Å². The number of aryl methyl sites for hydroxylation is 1. The van der Waals surface area contributed by atoms with Gasteiger partial charge in [0.05, 0.1) is 0 Å². The standard InChI is InChI=1S/C16H14ClN3O/c1-11-14(17)6-3-7-15(11)19-16(21)12(10-18)9-13-5-4-8-20(13)2/h3-9H,1-2H3,(H,19,21)/b12-9-. The van der Waals surface area contributed by atoms with E-state index in [9.17, 15) is 10.1 Å². The molecule has 0 aliphatic rings. The summed E-state index contributed by atoms with van der Waals surface area (Å²) in [6.45, 7) is 1.81. The molecule has 5 heteroatoms. The average Bonchev–Trinajstić information content (AvgIpc) is 2.86. The Bertz CT molecular complexity index is 753. The van der Waals surface area contributed by atoms with Crippen LogP contribution in [0, 0.1) is 18.3 Å². The first-order chi connectivity index (χ1) is 10.0. The second kappa shape index (κ2) is 6.29. The van der Waals surface area contributed by atoms with Crippen LogP contribution < -0.4 is 5.32 Å². The third kappa shape index (κ3) is 3.33. The molecule has 0 fully saturated rings. The summed E-state index contributed by atoms with van der Waals surface area (Å²) < 4.78 is 1.83. The van der Waals surface area contributed by atoms with Crippen molar-refractivity contribution >= 4 is 29.3 Å². The van der Waals surface area contributed by atoms with Gasteiger partial charge in [-0.05, 0) is 42.8 Å². The molecule has 0 saturated heterocycles. The summed E-state index contributed by atoms with van der Waals surface area (Å²) in [5.74, 6) is -0.455. The van der Waals surface area contributed by atoms with E-state index >= 15 is 0 Å². The minimum absolute atomic E-state index is 0.0381. The zero-order valence-corrected chi connectivity index (χ0v) is 12.5. The maximum atomic E-state index is 12.2. The van der Waals surface area contributed by atoms with Gasteiger partial charge in [0.15, 0.2) is 0 Å². The molecule has 0 unspecified atom stereocenters. The first-order valence-corrected chi connectivity index (χ1v) is 6.70. The molecule has 1 N–H and O–H groups in total. The van der Waals surface area contributed by atoms with Gasteiger partial charge < -0.3 is 9.88 Å². The summed E-state index contributed by atoms with van der Waals surface area (Å²) in [6, 6.07) is 10.8. The lowest BCUT2D eigenvalue weighted by Crippen LogP contribution is -2.14. The quantitative estimate of drug-likeness (QED) is 0.696. The molecule has 4 nitrogen and oxygen atoms in total. The maximum absolute atomic E-state index is 12.2. The molecular formula is C16H14ClN3O. The van der Waals surface area contributed by atoms with Gasteiger partial charge in [-0.1, -0.05) is 17.7 Å². The number of hydrogen-bond acceptors (Lipinski definition) is 2. The largest absolute Gasteiger partial charge is 0.351 e. The third-order valence-electron chi connectivity index (χ3n) is 3.16.